The first-order valence-electron chi connectivity index (χ1n) is 8.74. The van der Waals surface area contributed by atoms with Crippen LogP contribution in [0.15, 0.2) is 54.6 Å². The molecule has 0 bridgehead atoms. The zero-order valence-electron chi connectivity index (χ0n) is 14.7. The minimum absolute atomic E-state index is 0.135. The van der Waals surface area contributed by atoms with Gasteiger partial charge in [0, 0.05) is 16.8 Å². The van der Waals surface area contributed by atoms with E-state index >= 15 is 0 Å². The standard InChI is InChI=1S/C21H16ClF2N3O/c22-14-9-19(27-20(10-14)25-17-3-1-2-15(23)11-17)21(28)26-18-7-12-4-5-16(24)6-13(12)8-18/h1-6,9-11,18H,7-8H2,(H,25,27)(H,26,28). The molecule has 0 radical (unpaired) electrons. The van der Waals surface area contributed by atoms with Gasteiger partial charge in [-0.1, -0.05) is 23.7 Å². The quantitative estimate of drug-likeness (QED) is 0.671. The molecule has 4 nitrogen and oxygen atoms in total. The van der Waals surface area contributed by atoms with E-state index in [1.54, 1.807) is 24.3 Å². The second kappa shape index (κ2) is 7.56. The molecule has 4 rings (SSSR count). The highest BCUT2D eigenvalue weighted by atomic mass is 35.5. The van der Waals surface area contributed by atoms with Crippen LogP contribution < -0.4 is 10.6 Å². The van der Waals surface area contributed by atoms with Crippen molar-refractivity contribution in [3.05, 3.63) is 88.1 Å². The molecule has 1 aromatic heterocycles. The number of amides is 1. The van der Waals surface area contributed by atoms with E-state index in [9.17, 15) is 13.6 Å². The van der Waals surface area contributed by atoms with Gasteiger partial charge in [0.15, 0.2) is 0 Å². The minimum atomic E-state index is -0.387. The van der Waals surface area contributed by atoms with Gasteiger partial charge in [-0.25, -0.2) is 13.8 Å². The van der Waals surface area contributed by atoms with E-state index in [4.69, 9.17) is 11.6 Å². The SMILES string of the molecule is O=C(NC1Cc2ccc(F)cc2C1)c1cc(Cl)cc(Nc2cccc(F)c2)n1. The maximum atomic E-state index is 13.4. The number of anilines is 2. The van der Waals surface area contributed by atoms with Gasteiger partial charge in [-0.15, -0.1) is 0 Å². The lowest BCUT2D eigenvalue weighted by atomic mass is 10.1. The Kier molecular flexibility index (Phi) is 4.96. The second-order valence-corrected chi connectivity index (χ2v) is 7.12. The predicted molar refractivity (Wildman–Crippen MR) is 104 cm³/mol. The number of hydrogen-bond acceptors (Lipinski definition) is 3. The molecule has 28 heavy (non-hydrogen) atoms. The van der Waals surface area contributed by atoms with Crippen molar-refractivity contribution in [1.82, 2.24) is 10.3 Å². The van der Waals surface area contributed by atoms with Gasteiger partial charge in [0.1, 0.15) is 23.1 Å². The Bertz CT molecular complexity index is 1060. The summed E-state index contributed by atoms with van der Waals surface area (Å²) in [5, 5.41) is 6.19. The van der Waals surface area contributed by atoms with E-state index in [-0.39, 0.29) is 29.3 Å². The summed E-state index contributed by atoms with van der Waals surface area (Å²) in [6.07, 6.45) is 1.20. The average Bonchev–Trinajstić information content (AvgIpc) is 3.02. The van der Waals surface area contributed by atoms with Crippen molar-refractivity contribution < 1.29 is 13.6 Å². The van der Waals surface area contributed by atoms with Crippen LogP contribution in [0.4, 0.5) is 20.3 Å². The number of nitrogens with one attached hydrogen (secondary N) is 2. The van der Waals surface area contributed by atoms with Crippen LogP contribution in [0.2, 0.25) is 5.02 Å². The van der Waals surface area contributed by atoms with Crippen molar-refractivity contribution in [2.45, 2.75) is 18.9 Å². The number of rotatable bonds is 4. The fourth-order valence-electron chi connectivity index (χ4n) is 3.34. The van der Waals surface area contributed by atoms with Crippen LogP contribution in [0.25, 0.3) is 0 Å². The molecular formula is C21H16ClF2N3O. The van der Waals surface area contributed by atoms with Gasteiger partial charge in [0.2, 0.25) is 0 Å². The summed E-state index contributed by atoms with van der Waals surface area (Å²) in [5.41, 5.74) is 2.57. The van der Waals surface area contributed by atoms with Crippen LogP contribution in [0, 0.1) is 11.6 Å². The molecule has 0 saturated heterocycles. The highest BCUT2D eigenvalue weighted by Crippen LogP contribution is 2.24. The molecule has 1 amide bonds. The third-order valence-electron chi connectivity index (χ3n) is 4.56. The first-order valence-corrected chi connectivity index (χ1v) is 9.12. The monoisotopic (exact) mass is 399 g/mol. The van der Waals surface area contributed by atoms with Crippen LogP contribution in [0.5, 0.6) is 0 Å². The maximum absolute atomic E-state index is 13.4. The normalized spacial score (nSPS) is 15.2. The fraction of sp³-hybridized carbons (Fsp3) is 0.143. The van der Waals surface area contributed by atoms with Crippen LogP contribution in [-0.4, -0.2) is 16.9 Å². The zero-order chi connectivity index (χ0) is 19.7. The van der Waals surface area contributed by atoms with Crippen molar-refractivity contribution in [2.75, 3.05) is 5.32 Å². The van der Waals surface area contributed by atoms with Crippen molar-refractivity contribution in [1.29, 1.82) is 0 Å². The van der Waals surface area contributed by atoms with Crippen LogP contribution in [0.1, 0.15) is 21.6 Å². The number of nitrogens with zero attached hydrogens (tertiary/aromatic N) is 1. The first kappa shape index (κ1) is 18.4. The molecule has 2 N–H and O–H groups in total. The topological polar surface area (TPSA) is 54.0 Å². The Hall–Kier alpha value is -2.99. The number of pyridine rings is 1. The summed E-state index contributed by atoms with van der Waals surface area (Å²) in [4.78, 5) is 16.9. The van der Waals surface area contributed by atoms with E-state index in [1.807, 2.05) is 0 Å². The lowest BCUT2D eigenvalue weighted by Crippen LogP contribution is -2.35. The van der Waals surface area contributed by atoms with Gasteiger partial charge in [-0.3, -0.25) is 4.79 Å². The van der Waals surface area contributed by atoms with Crippen molar-refractivity contribution in [3.8, 4) is 0 Å². The zero-order valence-corrected chi connectivity index (χ0v) is 15.4. The van der Waals surface area contributed by atoms with Crippen molar-refractivity contribution in [3.63, 3.8) is 0 Å². The molecular weight excluding hydrogens is 384 g/mol. The largest absolute Gasteiger partial charge is 0.347 e. The molecule has 1 heterocycles. The molecule has 0 fully saturated rings. The summed E-state index contributed by atoms with van der Waals surface area (Å²) >= 11 is 6.12. The molecule has 1 unspecified atom stereocenters. The Labute approximate surface area is 165 Å². The summed E-state index contributed by atoms with van der Waals surface area (Å²) in [7, 11) is 0. The minimum Gasteiger partial charge on any atom is -0.347 e. The van der Waals surface area contributed by atoms with Gasteiger partial charge in [0.25, 0.3) is 5.91 Å². The highest BCUT2D eigenvalue weighted by molar-refractivity contribution is 6.31. The number of fused-ring (bicyclic) bond motifs is 1. The summed E-state index contributed by atoms with van der Waals surface area (Å²) in [5.74, 6) is -0.708. The Morgan fingerprint density at radius 1 is 1.00 bits per heavy atom. The molecule has 0 spiro atoms. The smallest absolute Gasteiger partial charge is 0.270 e. The van der Waals surface area contributed by atoms with Crippen LogP contribution in [0.3, 0.4) is 0 Å². The molecule has 7 heteroatoms. The third kappa shape index (κ3) is 4.12. The number of carbonyl (C=O) groups is 1. The molecule has 2 aromatic carbocycles. The maximum Gasteiger partial charge on any atom is 0.270 e. The lowest BCUT2D eigenvalue weighted by molar-refractivity contribution is 0.0933. The van der Waals surface area contributed by atoms with E-state index in [0.717, 1.165) is 11.1 Å². The molecule has 0 aliphatic heterocycles. The van der Waals surface area contributed by atoms with Crippen molar-refractivity contribution >= 4 is 29.0 Å². The molecule has 142 valence electrons. The molecule has 1 aliphatic carbocycles. The van der Waals surface area contributed by atoms with Gasteiger partial charge in [0.05, 0.1) is 0 Å². The third-order valence-corrected chi connectivity index (χ3v) is 4.77. The molecule has 1 atom stereocenters. The summed E-state index contributed by atoms with van der Waals surface area (Å²) in [6.45, 7) is 0. The Morgan fingerprint density at radius 3 is 2.61 bits per heavy atom. The van der Waals surface area contributed by atoms with E-state index in [1.165, 1.54) is 30.3 Å². The fourth-order valence-corrected chi connectivity index (χ4v) is 3.55. The van der Waals surface area contributed by atoms with Crippen LogP contribution >= 0.6 is 11.6 Å². The average molecular weight is 400 g/mol. The second-order valence-electron chi connectivity index (χ2n) is 6.68. The van der Waals surface area contributed by atoms with Gasteiger partial charge in [-0.2, -0.15) is 0 Å². The van der Waals surface area contributed by atoms with Gasteiger partial charge >= 0.3 is 0 Å². The number of carbonyl (C=O) groups excluding carboxylic acids is 1. The van der Waals surface area contributed by atoms with Gasteiger partial charge < -0.3 is 10.6 Å². The molecule has 1 aliphatic rings. The molecule has 3 aromatic rings. The number of benzene rings is 2. The van der Waals surface area contributed by atoms with E-state index in [2.05, 4.69) is 15.6 Å². The Morgan fingerprint density at radius 2 is 1.79 bits per heavy atom. The van der Waals surface area contributed by atoms with E-state index < -0.39 is 0 Å². The lowest BCUT2D eigenvalue weighted by Gasteiger charge is -2.13. The Balaban J connectivity index is 1.48. The number of halogens is 3. The predicted octanol–water partition coefficient (Wildman–Crippen LogP) is 4.65. The molecule has 0 saturated carbocycles. The van der Waals surface area contributed by atoms with Crippen LogP contribution in [-0.2, 0) is 12.8 Å². The summed E-state index contributed by atoms with van der Waals surface area (Å²) in [6, 6.07) is 13.5. The number of aromatic nitrogens is 1. The highest BCUT2D eigenvalue weighted by Gasteiger charge is 2.24. The van der Waals surface area contributed by atoms with Gasteiger partial charge in [-0.05, 0) is 66.4 Å². The summed E-state index contributed by atoms with van der Waals surface area (Å²) < 4.78 is 26.7. The number of hydrogen-bond donors (Lipinski definition) is 2. The van der Waals surface area contributed by atoms with Crippen molar-refractivity contribution in [2.24, 2.45) is 0 Å². The van der Waals surface area contributed by atoms with E-state index in [0.29, 0.717) is 29.4 Å². The first-order chi connectivity index (χ1) is 13.5.